The molecule has 2 saturated heterocycles. The summed E-state index contributed by atoms with van der Waals surface area (Å²) in [6, 6.07) is 5.05. The van der Waals surface area contributed by atoms with Crippen molar-refractivity contribution in [2.75, 3.05) is 44.2 Å². The smallest absolute Gasteiger partial charge is 0.265 e. The Labute approximate surface area is 181 Å². The van der Waals surface area contributed by atoms with E-state index in [1.54, 1.807) is 23.1 Å². The monoisotopic (exact) mass is 433 g/mol. The zero-order chi connectivity index (χ0) is 21.1. The molecule has 162 valence electrons. The van der Waals surface area contributed by atoms with Gasteiger partial charge in [-0.25, -0.2) is 0 Å². The lowest BCUT2D eigenvalue weighted by atomic mass is 9.95. The van der Waals surface area contributed by atoms with Crippen LogP contribution < -0.4 is 9.64 Å². The molecule has 0 aromatic heterocycles. The molecule has 7 nitrogen and oxygen atoms in total. The zero-order valence-electron chi connectivity index (χ0n) is 17.1. The van der Waals surface area contributed by atoms with Crippen molar-refractivity contribution in [2.24, 2.45) is 5.92 Å². The Morgan fingerprint density at radius 3 is 2.40 bits per heavy atom. The number of hydrogen-bond donors (Lipinski definition) is 0. The molecule has 0 unspecified atom stereocenters. The first kappa shape index (κ1) is 21.0. The molecule has 0 bridgehead atoms. The standard InChI is InChI=1S/C22H28ClN3O4/c23-17-5-6-19-18(13-17)26(21(28)15-30-19)14-20(27)24-11-7-16(8-12-24)22(29)25-9-3-1-2-4-10-25/h5-6,13,16H,1-4,7-12,14-15H2. The average Bonchev–Trinajstić information content (AvgIpc) is 3.05. The molecule has 1 aromatic rings. The highest BCUT2D eigenvalue weighted by Gasteiger charge is 2.33. The van der Waals surface area contributed by atoms with Crippen LogP contribution in [-0.4, -0.2) is 66.9 Å². The number of fused-ring (bicyclic) bond motifs is 1. The lowest BCUT2D eigenvalue weighted by Crippen LogP contribution is -2.49. The Hall–Kier alpha value is -2.28. The van der Waals surface area contributed by atoms with Crippen molar-refractivity contribution in [2.45, 2.75) is 38.5 Å². The predicted molar refractivity (Wildman–Crippen MR) is 114 cm³/mol. The van der Waals surface area contributed by atoms with Gasteiger partial charge in [0.1, 0.15) is 12.3 Å². The molecule has 1 aromatic carbocycles. The summed E-state index contributed by atoms with van der Waals surface area (Å²) in [7, 11) is 0. The molecule has 3 heterocycles. The highest BCUT2D eigenvalue weighted by Crippen LogP contribution is 2.34. The van der Waals surface area contributed by atoms with Crippen LogP contribution >= 0.6 is 11.6 Å². The first-order valence-electron chi connectivity index (χ1n) is 10.8. The van der Waals surface area contributed by atoms with Gasteiger partial charge >= 0.3 is 0 Å². The fraction of sp³-hybridized carbons (Fsp3) is 0.591. The van der Waals surface area contributed by atoms with Crippen molar-refractivity contribution in [1.82, 2.24) is 9.80 Å². The van der Waals surface area contributed by atoms with E-state index in [1.165, 1.54) is 17.7 Å². The Morgan fingerprint density at radius 2 is 1.70 bits per heavy atom. The second-order valence-electron chi connectivity index (χ2n) is 8.28. The normalized spacial score (nSPS) is 20.4. The second-order valence-corrected chi connectivity index (χ2v) is 8.71. The van der Waals surface area contributed by atoms with Gasteiger partial charge in [0.2, 0.25) is 11.8 Å². The fourth-order valence-corrected chi connectivity index (χ4v) is 4.68. The van der Waals surface area contributed by atoms with Gasteiger partial charge in [0, 0.05) is 37.1 Å². The Balaban J connectivity index is 1.34. The topological polar surface area (TPSA) is 70.2 Å². The Bertz CT molecular complexity index is 815. The molecule has 0 saturated carbocycles. The van der Waals surface area contributed by atoms with E-state index in [9.17, 15) is 14.4 Å². The van der Waals surface area contributed by atoms with E-state index in [-0.39, 0.29) is 36.8 Å². The van der Waals surface area contributed by atoms with Crippen LogP contribution in [-0.2, 0) is 14.4 Å². The van der Waals surface area contributed by atoms with Crippen molar-refractivity contribution in [3.05, 3.63) is 23.2 Å². The molecule has 0 atom stereocenters. The number of rotatable bonds is 3. The van der Waals surface area contributed by atoms with E-state index in [0.29, 0.717) is 42.4 Å². The van der Waals surface area contributed by atoms with Crippen LogP contribution in [0, 0.1) is 5.92 Å². The number of anilines is 1. The molecule has 3 aliphatic heterocycles. The number of likely N-dealkylation sites (tertiary alicyclic amines) is 2. The quantitative estimate of drug-likeness (QED) is 0.734. The van der Waals surface area contributed by atoms with E-state index in [1.807, 2.05) is 4.90 Å². The minimum absolute atomic E-state index is 0.00305. The number of piperidine rings is 1. The summed E-state index contributed by atoms with van der Waals surface area (Å²) in [5.74, 6) is 0.419. The van der Waals surface area contributed by atoms with E-state index >= 15 is 0 Å². The maximum atomic E-state index is 12.9. The third kappa shape index (κ3) is 4.56. The zero-order valence-corrected chi connectivity index (χ0v) is 17.9. The summed E-state index contributed by atoms with van der Waals surface area (Å²) in [6.07, 6.45) is 5.93. The van der Waals surface area contributed by atoms with Crippen LogP contribution in [0.15, 0.2) is 18.2 Å². The summed E-state index contributed by atoms with van der Waals surface area (Å²) < 4.78 is 5.44. The van der Waals surface area contributed by atoms with E-state index in [2.05, 4.69) is 0 Å². The van der Waals surface area contributed by atoms with Crippen LogP contribution in [0.3, 0.4) is 0 Å². The molecule has 4 rings (SSSR count). The summed E-state index contributed by atoms with van der Waals surface area (Å²) in [5.41, 5.74) is 0.526. The maximum absolute atomic E-state index is 12.9. The van der Waals surface area contributed by atoms with Gasteiger partial charge in [0.15, 0.2) is 6.61 Å². The molecule has 0 aliphatic carbocycles. The van der Waals surface area contributed by atoms with Gasteiger partial charge < -0.3 is 14.5 Å². The number of halogens is 1. The van der Waals surface area contributed by atoms with Gasteiger partial charge in [-0.1, -0.05) is 24.4 Å². The maximum Gasteiger partial charge on any atom is 0.265 e. The predicted octanol–water partition coefficient (Wildman–Crippen LogP) is 2.71. The third-order valence-electron chi connectivity index (χ3n) is 6.27. The molecule has 2 fully saturated rings. The number of carbonyl (C=O) groups is 3. The van der Waals surface area contributed by atoms with Gasteiger partial charge in [-0.3, -0.25) is 19.3 Å². The summed E-state index contributed by atoms with van der Waals surface area (Å²) in [5, 5.41) is 0.484. The van der Waals surface area contributed by atoms with Crippen molar-refractivity contribution in [3.8, 4) is 5.75 Å². The van der Waals surface area contributed by atoms with E-state index in [4.69, 9.17) is 16.3 Å². The van der Waals surface area contributed by atoms with Gasteiger partial charge in [-0.2, -0.15) is 0 Å². The van der Waals surface area contributed by atoms with E-state index < -0.39 is 0 Å². The molecular weight excluding hydrogens is 406 g/mol. The fourth-order valence-electron chi connectivity index (χ4n) is 4.51. The van der Waals surface area contributed by atoms with Crippen molar-refractivity contribution < 1.29 is 19.1 Å². The summed E-state index contributed by atoms with van der Waals surface area (Å²) in [4.78, 5) is 43.3. The molecular formula is C22H28ClN3O4. The van der Waals surface area contributed by atoms with Crippen LogP contribution in [0.5, 0.6) is 5.75 Å². The van der Waals surface area contributed by atoms with Gasteiger partial charge in [0.25, 0.3) is 5.91 Å². The van der Waals surface area contributed by atoms with Gasteiger partial charge in [-0.05, 0) is 43.9 Å². The molecule has 0 radical (unpaired) electrons. The number of ether oxygens (including phenoxy) is 1. The number of carbonyl (C=O) groups excluding carboxylic acids is 3. The second kappa shape index (κ2) is 9.25. The summed E-state index contributed by atoms with van der Waals surface area (Å²) >= 11 is 6.07. The van der Waals surface area contributed by atoms with Crippen molar-refractivity contribution >= 4 is 35.0 Å². The average molecular weight is 434 g/mol. The SMILES string of the molecule is O=C(CN1C(=O)COc2ccc(Cl)cc21)N1CCC(C(=O)N2CCCCCC2)CC1. The molecule has 30 heavy (non-hydrogen) atoms. The number of benzene rings is 1. The summed E-state index contributed by atoms with van der Waals surface area (Å²) in [6.45, 7) is 2.68. The van der Waals surface area contributed by atoms with Crippen LogP contribution in [0.4, 0.5) is 5.69 Å². The lowest BCUT2D eigenvalue weighted by Gasteiger charge is -2.36. The van der Waals surface area contributed by atoms with Crippen LogP contribution in [0.1, 0.15) is 38.5 Å². The Morgan fingerprint density at radius 1 is 1.00 bits per heavy atom. The van der Waals surface area contributed by atoms with Gasteiger partial charge in [-0.15, -0.1) is 0 Å². The van der Waals surface area contributed by atoms with Crippen molar-refractivity contribution in [3.63, 3.8) is 0 Å². The minimum atomic E-state index is -0.260. The number of nitrogens with zero attached hydrogens (tertiary/aromatic N) is 3. The molecule has 0 spiro atoms. The number of amides is 3. The van der Waals surface area contributed by atoms with E-state index in [0.717, 1.165) is 25.9 Å². The largest absolute Gasteiger partial charge is 0.482 e. The molecule has 0 N–H and O–H groups in total. The van der Waals surface area contributed by atoms with Crippen LogP contribution in [0.25, 0.3) is 0 Å². The molecule has 3 aliphatic rings. The van der Waals surface area contributed by atoms with Crippen molar-refractivity contribution in [1.29, 1.82) is 0 Å². The highest BCUT2D eigenvalue weighted by atomic mass is 35.5. The van der Waals surface area contributed by atoms with Crippen LogP contribution in [0.2, 0.25) is 5.02 Å². The third-order valence-corrected chi connectivity index (χ3v) is 6.51. The number of hydrogen-bond acceptors (Lipinski definition) is 4. The highest BCUT2D eigenvalue weighted by molar-refractivity contribution is 6.31. The minimum Gasteiger partial charge on any atom is -0.482 e. The molecule has 3 amide bonds. The van der Waals surface area contributed by atoms with Gasteiger partial charge in [0.05, 0.1) is 5.69 Å². The first-order valence-corrected chi connectivity index (χ1v) is 11.2. The lowest BCUT2D eigenvalue weighted by molar-refractivity contribution is -0.140. The Kier molecular flexibility index (Phi) is 6.46. The first-order chi connectivity index (χ1) is 14.5. The molecule has 8 heteroatoms.